The fraction of sp³-hybridized carbons (Fsp3) is 0.533. The van der Waals surface area contributed by atoms with Gasteiger partial charge < -0.3 is 10.2 Å². The third-order valence-corrected chi connectivity index (χ3v) is 4.02. The first-order chi connectivity index (χ1) is 8.52. The summed E-state index contributed by atoms with van der Waals surface area (Å²) >= 11 is 0. The second kappa shape index (κ2) is 5.01. The molecule has 0 aliphatic heterocycles. The lowest BCUT2D eigenvalue weighted by Gasteiger charge is -2.36. The normalized spacial score (nSPS) is 27.9. The summed E-state index contributed by atoms with van der Waals surface area (Å²) in [7, 11) is 0. The number of aromatic hydroxyl groups is 1. The Morgan fingerprint density at radius 3 is 2.61 bits per heavy atom. The molecule has 2 unspecified atom stereocenters. The van der Waals surface area contributed by atoms with Crippen molar-refractivity contribution in [1.29, 1.82) is 0 Å². The SMILES string of the molecule is CC1CCCC(Cc2ccc(O)cc2)(C(=O)O)C1. The fourth-order valence-electron chi connectivity index (χ4n) is 3.10. The van der Waals surface area contributed by atoms with Crippen LogP contribution in [0, 0.1) is 11.3 Å². The van der Waals surface area contributed by atoms with Crippen LogP contribution in [0.4, 0.5) is 0 Å². The zero-order chi connectivity index (χ0) is 13.2. The largest absolute Gasteiger partial charge is 0.508 e. The minimum Gasteiger partial charge on any atom is -0.508 e. The van der Waals surface area contributed by atoms with Crippen LogP contribution in [0.2, 0.25) is 0 Å². The summed E-state index contributed by atoms with van der Waals surface area (Å²) in [6.45, 7) is 2.13. The number of rotatable bonds is 3. The molecule has 0 aromatic heterocycles. The molecule has 3 heteroatoms. The van der Waals surface area contributed by atoms with E-state index in [2.05, 4.69) is 6.92 Å². The molecule has 0 radical (unpaired) electrons. The average Bonchev–Trinajstić information content (AvgIpc) is 2.32. The van der Waals surface area contributed by atoms with E-state index in [1.165, 1.54) is 0 Å². The van der Waals surface area contributed by atoms with Gasteiger partial charge in [-0.05, 0) is 42.9 Å². The van der Waals surface area contributed by atoms with Gasteiger partial charge in [-0.3, -0.25) is 4.79 Å². The quantitative estimate of drug-likeness (QED) is 0.863. The van der Waals surface area contributed by atoms with Crippen LogP contribution in [-0.2, 0) is 11.2 Å². The van der Waals surface area contributed by atoms with Gasteiger partial charge in [0.05, 0.1) is 5.41 Å². The molecule has 1 fully saturated rings. The van der Waals surface area contributed by atoms with Gasteiger partial charge in [0.1, 0.15) is 5.75 Å². The maximum absolute atomic E-state index is 11.6. The van der Waals surface area contributed by atoms with E-state index in [-0.39, 0.29) is 5.75 Å². The second-order valence-corrected chi connectivity index (χ2v) is 5.63. The van der Waals surface area contributed by atoms with E-state index in [1.807, 2.05) is 12.1 Å². The van der Waals surface area contributed by atoms with Gasteiger partial charge in [0, 0.05) is 0 Å². The van der Waals surface area contributed by atoms with Gasteiger partial charge in [-0.1, -0.05) is 31.9 Å². The van der Waals surface area contributed by atoms with Gasteiger partial charge in [-0.15, -0.1) is 0 Å². The molecule has 1 aromatic rings. The Labute approximate surface area is 107 Å². The van der Waals surface area contributed by atoms with Crippen molar-refractivity contribution < 1.29 is 15.0 Å². The van der Waals surface area contributed by atoms with E-state index in [0.29, 0.717) is 12.3 Å². The lowest BCUT2D eigenvalue weighted by Crippen LogP contribution is -2.37. The number of carboxylic acid groups (broad SMARTS) is 1. The van der Waals surface area contributed by atoms with Crippen LogP contribution in [0.25, 0.3) is 0 Å². The zero-order valence-corrected chi connectivity index (χ0v) is 10.7. The summed E-state index contributed by atoms with van der Waals surface area (Å²) in [5.41, 5.74) is 0.374. The molecule has 0 amide bonds. The van der Waals surface area contributed by atoms with Crippen molar-refractivity contribution in [1.82, 2.24) is 0 Å². The fourth-order valence-corrected chi connectivity index (χ4v) is 3.10. The Hall–Kier alpha value is -1.51. The maximum atomic E-state index is 11.6. The van der Waals surface area contributed by atoms with E-state index < -0.39 is 11.4 Å². The predicted octanol–water partition coefficient (Wildman–Crippen LogP) is 3.22. The molecule has 1 aliphatic rings. The molecule has 2 rings (SSSR count). The van der Waals surface area contributed by atoms with Crippen LogP contribution in [0.5, 0.6) is 5.75 Å². The molecule has 3 nitrogen and oxygen atoms in total. The standard InChI is InChI=1S/C15H20O3/c1-11-3-2-8-15(9-11,14(17)18)10-12-4-6-13(16)7-5-12/h4-7,11,16H,2-3,8-10H2,1H3,(H,17,18). The van der Waals surface area contributed by atoms with Crippen LogP contribution in [-0.4, -0.2) is 16.2 Å². The number of hydrogen-bond donors (Lipinski definition) is 2. The molecule has 98 valence electrons. The van der Waals surface area contributed by atoms with E-state index in [4.69, 9.17) is 0 Å². The van der Waals surface area contributed by atoms with Crippen LogP contribution < -0.4 is 0 Å². The first-order valence-electron chi connectivity index (χ1n) is 6.53. The summed E-state index contributed by atoms with van der Waals surface area (Å²) in [4.78, 5) is 11.6. The predicted molar refractivity (Wildman–Crippen MR) is 69.5 cm³/mol. The molecule has 1 saturated carbocycles. The monoisotopic (exact) mass is 248 g/mol. The lowest BCUT2D eigenvalue weighted by atomic mass is 9.67. The van der Waals surface area contributed by atoms with Crippen molar-refractivity contribution in [2.45, 2.75) is 39.0 Å². The van der Waals surface area contributed by atoms with Gasteiger partial charge in [0.2, 0.25) is 0 Å². The highest BCUT2D eigenvalue weighted by molar-refractivity contribution is 5.75. The molecule has 2 N–H and O–H groups in total. The maximum Gasteiger partial charge on any atom is 0.309 e. The summed E-state index contributed by atoms with van der Waals surface area (Å²) in [5, 5.41) is 18.8. The van der Waals surface area contributed by atoms with E-state index >= 15 is 0 Å². The van der Waals surface area contributed by atoms with Crippen LogP contribution in [0.1, 0.15) is 38.2 Å². The Morgan fingerprint density at radius 1 is 1.39 bits per heavy atom. The number of carbonyl (C=O) groups is 1. The lowest BCUT2D eigenvalue weighted by molar-refractivity contribution is -0.152. The number of aliphatic carboxylic acids is 1. The summed E-state index contributed by atoms with van der Waals surface area (Å²) in [6.07, 6.45) is 4.19. The third kappa shape index (κ3) is 2.66. The average molecular weight is 248 g/mol. The summed E-state index contributed by atoms with van der Waals surface area (Å²) in [6, 6.07) is 6.88. The Bertz CT molecular complexity index is 424. The van der Waals surface area contributed by atoms with E-state index in [9.17, 15) is 15.0 Å². The first kappa shape index (κ1) is 12.9. The molecule has 0 heterocycles. The molecular formula is C15H20O3. The number of carboxylic acids is 1. The first-order valence-corrected chi connectivity index (χ1v) is 6.53. The van der Waals surface area contributed by atoms with Crippen molar-refractivity contribution >= 4 is 5.97 Å². The highest BCUT2D eigenvalue weighted by Gasteiger charge is 2.41. The van der Waals surface area contributed by atoms with Gasteiger partial charge in [0.25, 0.3) is 0 Å². The van der Waals surface area contributed by atoms with Crippen LogP contribution in [0.15, 0.2) is 24.3 Å². The summed E-state index contributed by atoms with van der Waals surface area (Å²) < 4.78 is 0. The number of phenols is 1. The van der Waals surface area contributed by atoms with Gasteiger partial charge in [-0.2, -0.15) is 0 Å². The highest BCUT2D eigenvalue weighted by Crippen LogP contribution is 2.42. The molecule has 1 aliphatic carbocycles. The smallest absolute Gasteiger partial charge is 0.309 e. The number of hydrogen-bond acceptors (Lipinski definition) is 2. The van der Waals surface area contributed by atoms with Gasteiger partial charge in [-0.25, -0.2) is 0 Å². The molecule has 1 aromatic carbocycles. The minimum atomic E-state index is -0.679. The van der Waals surface area contributed by atoms with Crippen molar-refractivity contribution in [3.63, 3.8) is 0 Å². The topological polar surface area (TPSA) is 57.5 Å². The van der Waals surface area contributed by atoms with E-state index in [0.717, 1.165) is 31.2 Å². The number of phenolic OH excluding ortho intramolecular Hbond substituents is 1. The van der Waals surface area contributed by atoms with Crippen molar-refractivity contribution in [2.75, 3.05) is 0 Å². The van der Waals surface area contributed by atoms with Crippen LogP contribution in [0.3, 0.4) is 0 Å². The molecular weight excluding hydrogens is 228 g/mol. The Morgan fingerprint density at radius 2 is 2.06 bits per heavy atom. The molecule has 18 heavy (non-hydrogen) atoms. The Balaban J connectivity index is 2.20. The molecule has 0 spiro atoms. The van der Waals surface area contributed by atoms with Gasteiger partial charge >= 0.3 is 5.97 Å². The van der Waals surface area contributed by atoms with Gasteiger partial charge in [0.15, 0.2) is 0 Å². The third-order valence-electron chi connectivity index (χ3n) is 4.02. The molecule has 0 bridgehead atoms. The zero-order valence-electron chi connectivity index (χ0n) is 10.7. The van der Waals surface area contributed by atoms with Crippen molar-refractivity contribution in [3.8, 4) is 5.75 Å². The van der Waals surface area contributed by atoms with E-state index in [1.54, 1.807) is 12.1 Å². The van der Waals surface area contributed by atoms with Crippen LogP contribution >= 0.6 is 0 Å². The van der Waals surface area contributed by atoms with Crippen molar-refractivity contribution in [2.24, 2.45) is 11.3 Å². The summed E-state index contributed by atoms with van der Waals surface area (Å²) in [5.74, 6) is 0.0224. The second-order valence-electron chi connectivity index (χ2n) is 5.63. The van der Waals surface area contributed by atoms with Crippen molar-refractivity contribution in [3.05, 3.63) is 29.8 Å². The number of benzene rings is 1. The Kier molecular flexibility index (Phi) is 3.60. The highest BCUT2D eigenvalue weighted by atomic mass is 16.4. The molecule has 2 atom stereocenters. The minimum absolute atomic E-state index is 0.222. The molecule has 0 saturated heterocycles.